The molecule has 1 amide bonds. The van der Waals surface area contributed by atoms with Gasteiger partial charge in [-0.05, 0) is 46.1 Å². The lowest BCUT2D eigenvalue weighted by Gasteiger charge is -2.42. The van der Waals surface area contributed by atoms with Crippen LogP contribution in [0.3, 0.4) is 0 Å². The van der Waals surface area contributed by atoms with Gasteiger partial charge in [-0.1, -0.05) is 0 Å². The molecule has 2 atom stereocenters. The summed E-state index contributed by atoms with van der Waals surface area (Å²) in [7, 11) is 0. The number of carbonyl (C=O) groups is 1. The van der Waals surface area contributed by atoms with Crippen molar-refractivity contribution < 1.29 is 9.53 Å². The Morgan fingerprint density at radius 2 is 2.31 bits per heavy atom. The largest absolute Gasteiger partial charge is 0.447 e. The van der Waals surface area contributed by atoms with E-state index in [-0.39, 0.29) is 17.7 Å². The van der Waals surface area contributed by atoms with Gasteiger partial charge in [-0.2, -0.15) is 0 Å². The number of ether oxygens (including phenoxy) is 1. The van der Waals surface area contributed by atoms with E-state index in [9.17, 15) is 4.79 Å². The van der Waals surface area contributed by atoms with Gasteiger partial charge >= 0.3 is 6.09 Å². The minimum Gasteiger partial charge on any atom is -0.447 e. The Bertz CT molecular complexity index is 274. The summed E-state index contributed by atoms with van der Waals surface area (Å²) >= 11 is 0. The summed E-state index contributed by atoms with van der Waals surface area (Å²) in [5.74, 6) is 0.509. The van der Waals surface area contributed by atoms with Gasteiger partial charge in [-0.3, -0.25) is 4.90 Å². The molecular weight excluding hydrogens is 204 g/mol. The number of nitrogens with one attached hydrogen (secondary N) is 1. The van der Waals surface area contributed by atoms with Crippen LogP contribution in [0.1, 0.15) is 33.6 Å². The van der Waals surface area contributed by atoms with Gasteiger partial charge in [-0.25, -0.2) is 4.79 Å². The molecular formula is C12H22N2O2. The van der Waals surface area contributed by atoms with Gasteiger partial charge in [-0.15, -0.1) is 0 Å². The first-order valence-electron chi connectivity index (χ1n) is 6.22. The molecule has 4 nitrogen and oxygen atoms in total. The van der Waals surface area contributed by atoms with E-state index in [2.05, 4.69) is 26.1 Å². The molecule has 2 fully saturated rings. The van der Waals surface area contributed by atoms with Crippen molar-refractivity contribution in [2.75, 3.05) is 19.7 Å². The molecule has 2 aliphatic rings. The SMILES string of the molecule is CC(C)N1C(=O)OCC1(C)C1CCCNC1. The standard InChI is InChI=1S/C12H22N2O2/c1-9(2)14-11(15)16-8-12(14,3)10-5-4-6-13-7-10/h9-10,13H,4-8H2,1-3H3. The normalized spacial score (nSPS) is 35.6. The molecule has 2 rings (SSSR count). The fraction of sp³-hybridized carbons (Fsp3) is 0.917. The van der Waals surface area contributed by atoms with Crippen molar-refractivity contribution >= 4 is 6.09 Å². The molecule has 92 valence electrons. The molecule has 1 N–H and O–H groups in total. The minimum atomic E-state index is -0.150. The highest BCUT2D eigenvalue weighted by Crippen LogP contribution is 2.36. The highest BCUT2D eigenvalue weighted by atomic mass is 16.6. The predicted molar refractivity (Wildman–Crippen MR) is 62.3 cm³/mol. The first-order valence-corrected chi connectivity index (χ1v) is 6.22. The van der Waals surface area contributed by atoms with E-state index in [4.69, 9.17) is 4.74 Å². The molecule has 0 radical (unpaired) electrons. The number of piperidine rings is 1. The van der Waals surface area contributed by atoms with Crippen LogP contribution in [-0.4, -0.2) is 42.3 Å². The molecule has 4 heteroatoms. The van der Waals surface area contributed by atoms with Crippen molar-refractivity contribution in [3.05, 3.63) is 0 Å². The number of amides is 1. The van der Waals surface area contributed by atoms with Crippen LogP contribution in [0, 0.1) is 5.92 Å². The molecule has 0 bridgehead atoms. The molecule has 0 saturated carbocycles. The highest BCUT2D eigenvalue weighted by molar-refractivity contribution is 5.71. The molecule has 0 spiro atoms. The van der Waals surface area contributed by atoms with Crippen molar-refractivity contribution in [3.8, 4) is 0 Å². The zero-order chi connectivity index (χ0) is 11.8. The van der Waals surface area contributed by atoms with E-state index >= 15 is 0 Å². The average molecular weight is 226 g/mol. The number of hydrogen-bond acceptors (Lipinski definition) is 3. The van der Waals surface area contributed by atoms with Gasteiger partial charge in [0.05, 0.1) is 5.54 Å². The van der Waals surface area contributed by atoms with Crippen molar-refractivity contribution in [3.63, 3.8) is 0 Å². The first-order chi connectivity index (χ1) is 7.55. The van der Waals surface area contributed by atoms with Crippen molar-refractivity contribution in [1.29, 1.82) is 0 Å². The van der Waals surface area contributed by atoms with Crippen molar-refractivity contribution in [2.24, 2.45) is 5.92 Å². The number of carbonyl (C=O) groups excluding carboxylic acids is 1. The van der Waals surface area contributed by atoms with Gasteiger partial charge in [0.1, 0.15) is 6.61 Å². The number of hydrogen-bond donors (Lipinski definition) is 1. The average Bonchev–Trinajstić information content (AvgIpc) is 2.57. The van der Waals surface area contributed by atoms with E-state index in [1.54, 1.807) is 0 Å². The summed E-state index contributed by atoms with van der Waals surface area (Å²) in [5.41, 5.74) is -0.126. The lowest BCUT2D eigenvalue weighted by atomic mass is 9.80. The number of nitrogens with zero attached hydrogens (tertiary/aromatic N) is 1. The molecule has 2 aliphatic heterocycles. The maximum atomic E-state index is 11.8. The predicted octanol–water partition coefficient (Wildman–Crippen LogP) is 1.61. The summed E-state index contributed by atoms with van der Waals surface area (Å²) in [6, 6.07) is 0.210. The Hall–Kier alpha value is -0.770. The lowest BCUT2D eigenvalue weighted by Crippen LogP contribution is -2.56. The van der Waals surface area contributed by atoms with Crippen molar-refractivity contribution in [2.45, 2.75) is 45.2 Å². The topological polar surface area (TPSA) is 41.6 Å². The molecule has 2 saturated heterocycles. The van der Waals surface area contributed by atoms with Gasteiger partial charge in [0, 0.05) is 12.6 Å². The third-order valence-corrected chi connectivity index (χ3v) is 3.93. The van der Waals surface area contributed by atoms with Gasteiger partial charge in [0.15, 0.2) is 0 Å². The summed E-state index contributed by atoms with van der Waals surface area (Å²) in [5, 5.41) is 3.42. The van der Waals surface area contributed by atoms with Crippen LogP contribution in [0.4, 0.5) is 4.79 Å². The summed E-state index contributed by atoms with van der Waals surface area (Å²) in [4.78, 5) is 13.7. The smallest absolute Gasteiger partial charge is 0.410 e. The Balaban J connectivity index is 2.18. The van der Waals surface area contributed by atoms with Crippen LogP contribution in [0.15, 0.2) is 0 Å². The van der Waals surface area contributed by atoms with Crippen molar-refractivity contribution in [1.82, 2.24) is 10.2 Å². The maximum absolute atomic E-state index is 11.8. The molecule has 0 aromatic carbocycles. The Labute approximate surface area is 97.3 Å². The van der Waals surface area contributed by atoms with E-state index in [1.165, 1.54) is 12.8 Å². The van der Waals surface area contributed by atoms with Crippen LogP contribution >= 0.6 is 0 Å². The first kappa shape index (κ1) is 11.7. The summed E-state index contributed by atoms with van der Waals surface area (Å²) < 4.78 is 5.25. The molecule has 0 aromatic heterocycles. The van der Waals surface area contributed by atoms with Gasteiger partial charge < -0.3 is 10.1 Å². The van der Waals surface area contributed by atoms with Crippen LogP contribution < -0.4 is 5.32 Å². The highest BCUT2D eigenvalue weighted by Gasteiger charge is 2.49. The van der Waals surface area contributed by atoms with Crippen LogP contribution in [-0.2, 0) is 4.74 Å². The Morgan fingerprint density at radius 1 is 1.56 bits per heavy atom. The second-order valence-electron chi connectivity index (χ2n) is 5.42. The van der Waals surface area contributed by atoms with E-state index in [0.717, 1.165) is 13.1 Å². The van der Waals surface area contributed by atoms with Crippen LogP contribution in [0.25, 0.3) is 0 Å². The Morgan fingerprint density at radius 3 is 2.88 bits per heavy atom. The number of cyclic esters (lactones) is 1. The monoisotopic (exact) mass is 226 g/mol. The molecule has 0 aromatic rings. The molecule has 0 aliphatic carbocycles. The molecule has 16 heavy (non-hydrogen) atoms. The third-order valence-electron chi connectivity index (χ3n) is 3.93. The zero-order valence-corrected chi connectivity index (χ0v) is 10.5. The summed E-state index contributed by atoms with van der Waals surface area (Å²) in [6.07, 6.45) is 2.23. The van der Waals surface area contributed by atoms with E-state index in [0.29, 0.717) is 12.5 Å². The van der Waals surface area contributed by atoms with Crippen LogP contribution in [0.5, 0.6) is 0 Å². The van der Waals surface area contributed by atoms with Gasteiger partial charge in [0.2, 0.25) is 0 Å². The minimum absolute atomic E-state index is 0.126. The molecule has 2 heterocycles. The second kappa shape index (κ2) is 4.24. The van der Waals surface area contributed by atoms with Gasteiger partial charge in [0.25, 0.3) is 0 Å². The Kier molecular flexibility index (Phi) is 3.10. The quantitative estimate of drug-likeness (QED) is 0.777. The fourth-order valence-electron chi connectivity index (χ4n) is 3.05. The van der Waals surface area contributed by atoms with E-state index < -0.39 is 0 Å². The second-order valence-corrected chi connectivity index (χ2v) is 5.42. The fourth-order valence-corrected chi connectivity index (χ4v) is 3.05. The third kappa shape index (κ3) is 1.79. The number of rotatable bonds is 2. The maximum Gasteiger partial charge on any atom is 0.410 e. The summed E-state index contributed by atoms with van der Waals surface area (Å²) in [6.45, 7) is 8.91. The zero-order valence-electron chi connectivity index (χ0n) is 10.5. The van der Waals surface area contributed by atoms with E-state index in [1.807, 2.05) is 4.90 Å². The molecule has 2 unspecified atom stereocenters. The van der Waals surface area contributed by atoms with Crippen LogP contribution in [0.2, 0.25) is 0 Å². The lowest BCUT2D eigenvalue weighted by molar-refractivity contribution is 0.0770.